The molecule has 6 atom stereocenters. The monoisotopic (exact) mass is 442 g/mol. The minimum atomic E-state index is -0.540. The average Bonchev–Trinajstić information content (AvgIpc) is 2.86. The summed E-state index contributed by atoms with van der Waals surface area (Å²) in [6.07, 6.45) is -1.37. The van der Waals surface area contributed by atoms with Crippen molar-refractivity contribution in [2.75, 3.05) is 20.8 Å². The van der Waals surface area contributed by atoms with Gasteiger partial charge in [-0.05, 0) is 12.0 Å². The van der Waals surface area contributed by atoms with Gasteiger partial charge in [0, 0.05) is 25.0 Å². The summed E-state index contributed by atoms with van der Waals surface area (Å²) in [5.41, 5.74) is 2.00. The van der Waals surface area contributed by atoms with E-state index in [9.17, 15) is 4.79 Å². The van der Waals surface area contributed by atoms with Crippen molar-refractivity contribution in [1.82, 2.24) is 0 Å². The molecule has 2 heterocycles. The van der Waals surface area contributed by atoms with Crippen LogP contribution in [0.2, 0.25) is 0 Å². The Morgan fingerprint density at radius 3 is 2.41 bits per heavy atom. The summed E-state index contributed by atoms with van der Waals surface area (Å²) < 4.78 is 35.5. The normalized spacial score (nSPS) is 29.8. The van der Waals surface area contributed by atoms with Crippen molar-refractivity contribution in [3.8, 4) is 0 Å². The van der Waals surface area contributed by atoms with Crippen LogP contribution in [0.3, 0.4) is 0 Å². The molecule has 172 valence electrons. The van der Waals surface area contributed by atoms with E-state index in [0.717, 1.165) is 11.1 Å². The number of carbonyl (C=O) groups is 1. The summed E-state index contributed by atoms with van der Waals surface area (Å²) in [5.74, 6) is -0.488. The molecule has 0 saturated carbocycles. The van der Waals surface area contributed by atoms with Crippen molar-refractivity contribution in [3.05, 3.63) is 71.8 Å². The molecule has 4 rings (SSSR count). The molecule has 0 unspecified atom stereocenters. The molecule has 32 heavy (non-hydrogen) atoms. The highest BCUT2D eigenvalue weighted by Gasteiger charge is 2.50. The van der Waals surface area contributed by atoms with Crippen LogP contribution in [-0.4, -0.2) is 51.4 Å². The SMILES string of the molecule is COC(=O)CC[C@@H]1[C@@H](OC)O[C@@H]2CO[C@@H](c3ccccc3)O[C@H]2[C@H]1OCc1ccccc1. The fraction of sp³-hybridized carbons (Fsp3) is 0.480. The highest BCUT2D eigenvalue weighted by Crippen LogP contribution is 2.39. The van der Waals surface area contributed by atoms with Gasteiger partial charge in [-0.3, -0.25) is 4.79 Å². The maximum atomic E-state index is 11.9. The third-order valence-electron chi connectivity index (χ3n) is 5.96. The molecule has 0 radical (unpaired) electrons. The van der Waals surface area contributed by atoms with E-state index in [4.69, 9.17) is 28.4 Å². The van der Waals surface area contributed by atoms with Gasteiger partial charge in [-0.1, -0.05) is 60.7 Å². The minimum Gasteiger partial charge on any atom is -0.469 e. The van der Waals surface area contributed by atoms with Gasteiger partial charge in [0.1, 0.15) is 12.2 Å². The first-order chi connectivity index (χ1) is 15.7. The lowest BCUT2D eigenvalue weighted by molar-refractivity contribution is -0.356. The van der Waals surface area contributed by atoms with Crippen LogP contribution < -0.4 is 0 Å². The highest BCUT2D eigenvalue weighted by molar-refractivity contribution is 5.69. The molecule has 2 aliphatic rings. The lowest BCUT2D eigenvalue weighted by Gasteiger charge is -2.49. The Balaban J connectivity index is 1.56. The zero-order valence-corrected chi connectivity index (χ0v) is 18.4. The largest absolute Gasteiger partial charge is 0.469 e. The van der Waals surface area contributed by atoms with Crippen molar-refractivity contribution >= 4 is 5.97 Å². The molecule has 0 amide bonds. The molecule has 2 fully saturated rings. The van der Waals surface area contributed by atoms with Crippen LogP contribution in [0.15, 0.2) is 60.7 Å². The first kappa shape index (κ1) is 22.9. The Morgan fingerprint density at radius 1 is 1.00 bits per heavy atom. The molecular weight excluding hydrogens is 412 g/mol. The van der Waals surface area contributed by atoms with Crippen LogP contribution in [-0.2, 0) is 39.8 Å². The Hall–Kier alpha value is -2.29. The second kappa shape index (κ2) is 11.0. The smallest absolute Gasteiger partial charge is 0.305 e. The number of benzene rings is 2. The van der Waals surface area contributed by atoms with Gasteiger partial charge < -0.3 is 28.4 Å². The summed E-state index contributed by atoms with van der Waals surface area (Å²) in [4.78, 5) is 11.9. The van der Waals surface area contributed by atoms with Crippen LogP contribution in [0.25, 0.3) is 0 Å². The molecule has 2 aromatic rings. The van der Waals surface area contributed by atoms with Gasteiger partial charge >= 0.3 is 5.97 Å². The van der Waals surface area contributed by atoms with Crippen LogP contribution in [0.4, 0.5) is 0 Å². The predicted molar refractivity (Wildman–Crippen MR) is 115 cm³/mol. The number of esters is 1. The van der Waals surface area contributed by atoms with Gasteiger partial charge in [0.2, 0.25) is 0 Å². The van der Waals surface area contributed by atoms with Gasteiger partial charge in [-0.25, -0.2) is 0 Å². The minimum absolute atomic E-state index is 0.210. The van der Waals surface area contributed by atoms with Crippen LogP contribution in [0.1, 0.15) is 30.3 Å². The zero-order valence-electron chi connectivity index (χ0n) is 18.4. The van der Waals surface area contributed by atoms with E-state index in [1.807, 2.05) is 60.7 Å². The van der Waals surface area contributed by atoms with Crippen molar-refractivity contribution < 1.29 is 33.2 Å². The van der Waals surface area contributed by atoms with E-state index < -0.39 is 12.6 Å². The van der Waals surface area contributed by atoms with E-state index in [0.29, 0.717) is 19.6 Å². The Kier molecular flexibility index (Phi) is 7.89. The molecule has 2 aromatic carbocycles. The molecule has 2 aliphatic heterocycles. The molecule has 7 heteroatoms. The Morgan fingerprint density at radius 2 is 1.72 bits per heavy atom. The van der Waals surface area contributed by atoms with E-state index in [1.165, 1.54) is 7.11 Å². The number of hydrogen-bond donors (Lipinski definition) is 0. The summed E-state index contributed by atoms with van der Waals surface area (Å²) in [6.45, 7) is 0.777. The van der Waals surface area contributed by atoms with Crippen molar-refractivity contribution in [2.24, 2.45) is 5.92 Å². The maximum absolute atomic E-state index is 11.9. The number of hydrogen-bond acceptors (Lipinski definition) is 7. The predicted octanol–water partition coefficient (Wildman–Crippen LogP) is 3.63. The van der Waals surface area contributed by atoms with Crippen molar-refractivity contribution in [2.45, 2.75) is 50.3 Å². The van der Waals surface area contributed by atoms with Gasteiger partial charge in [0.05, 0.1) is 26.4 Å². The first-order valence-corrected chi connectivity index (χ1v) is 10.9. The Bertz CT molecular complexity index is 844. The van der Waals surface area contributed by atoms with Gasteiger partial charge in [-0.2, -0.15) is 0 Å². The highest BCUT2D eigenvalue weighted by atomic mass is 16.7. The fourth-order valence-electron chi connectivity index (χ4n) is 4.31. The van der Waals surface area contributed by atoms with E-state index in [2.05, 4.69) is 0 Å². The first-order valence-electron chi connectivity index (χ1n) is 10.9. The molecule has 2 saturated heterocycles. The summed E-state index contributed by atoms with van der Waals surface area (Å²) >= 11 is 0. The standard InChI is InChI=1S/C25H30O7/c1-27-21(26)14-13-19-22(29-15-17-9-5-3-6-10-17)23-20(31-25(19)28-2)16-30-24(32-23)18-11-7-4-8-12-18/h3-12,19-20,22-25H,13-16H2,1-2H3/t19-,20+,22-,23+,24+,25-/m0/s1. The van der Waals surface area contributed by atoms with Crippen molar-refractivity contribution in [3.63, 3.8) is 0 Å². The molecule has 0 spiro atoms. The van der Waals surface area contributed by atoms with E-state index in [-0.39, 0.29) is 36.6 Å². The summed E-state index contributed by atoms with van der Waals surface area (Å²) in [5, 5.41) is 0. The third kappa shape index (κ3) is 5.36. The van der Waals surface area contributed by atoms with Crippen LogP contribution >= 0.6 is 0 Å². The second-order valence-corrected chi connectivity index (χ2v) is 8.00. The van der Waals surface area contributed by atoms with Crippen molar-refractivity contribution in [1.29, 1.82) is 0 Å². The number of ether oxygens (including phenoxy) is 6. The fourth-order valence-corrected chi connectivity index (χ4v) is 4.31. The van der Waals surface area contributed by atoms with Gasteiger partial charge in [0.15, 0.2) is 12.6 Å². The molecular formula is C25H30O7. The number of fused-ring (bicyclic) bond motifs is 1. The van der Waals surface area contributed by atoms with Crippen LogP contribution in [0, 0.1) is 5.92 Å². The summed E-state index contributed by atoms with van der Waals surface area (Å²) in [6, 6.07) is 19.8. The third-order valence-corrected chi connectivity index (χ3v) is 5.96. The summed E-state index contributed by atoms with van der Waals surface area (Å²) in [7, 11) is 2.99. The maximum Gasteiger partial charge on any atom is 0.305 e. The van der Waals surface area contributed by atoms with Gasteiger partial charge in [0.25, 0.3) is 0 Å². The molecule has 0 bridgehead atoms. The van der Waals surface area contributed by atoms with E-state index in [1.54, 1.807) is 7.11 Å². The lowest BCUT2D eigenvalue weighted by atomic mass is 9.86. The second-order valence-electron chi connectivity index (χ2n) is 8.00. The Labute approximate surface area is 188 Å². The number of methoxy groups -OCH3 is 2. The van der Waals surface area contributed by atoms with Crippen LogP contribution in [0.5, 0.6) is 0 Å². The topological polar surface area (TPSA) is 72.5 Å². The molecule has 0 N–H and O–H groups in total. The van der Waals surface area contributed by atoms with E-state index >= 15 is 0 Å². The molecule has 7 nitrogen and oxygen atoms in total. The molecule has 0 aliphatic carbocycles. The molecule has 0 aromatic heterocycles. The zero-order chi connectivity index (χ0) is 22.3. The lowest BCUT2D eigenvalue weighted by Crippen LogP contribution is -2.60. The van der Waals surface area contributed by atoms with Gasteiger partial charge in [-0.15, -0.1) is 0 Å². The average molecular weight is 443 g/mol. The number of rotatable bonds is 8. The quantitative estimate of drug-likeness (QED) is 0.578. The number of carbonyl (C=O) groups excluding carboxylic acids is 1.